The molecule has 0 heterocycles. The van der Waals surface area contributed by atoms with Crippen molar-refractivity contribution in [3.8, 4) is 0 Å². The summed E-state index contributed by atoms with van der Waals surface area (Å²) >= 11 is 2.82. The highest BCUT2D eigenvalue weighted by Crippen LogP contribution is 2.32. The number of sulfonamides is 1. The van der Waals surface area contributed by atoms with Gasteiger partial charge in [0.2, 0.25) is 0 Å². The van der Waals surface area contributed by atoms with E-state index in [0.717, 1.165) is 17.7 Å². The predicted molar refractivity (Wildman–Crippen MR) is 82.7 cm³/mol. The molecule has 0 saturated carbocycles. The maximum Gasteiger partial charge on any atom is 0.294 e. The van der Waals surface area contributed by atoms with Crippen molar-refractivity contribution in [3.63, 3.8) is 0 Å². The molecule has 6 nitrogen and oxygen atoms in total. The van der Waals surface area contributed by atoms with Crippen molar-refractivity contribution in [2.75, 3.05) is 4.72 Å². The van der Waals surface area contributed by atoms with Crippen molar-refractivity contribution in [2.24, 2.45) is 0 Å². The van der Waals surface area contributed by atoms with Crippen LogP contribution < -0.4 is 4.72 Å². The molecule has 0 amide bonds. The summed E-state index contributed by atoms with van der Waals surface area (Å²) in [7, 11) is -4.05. The molecule has 0 aliphatic heterocycles. The molecule has 0 radical (unpaired) electrons. The third kappa shape index (κ3) is 3.42. The lowest BCUT2D eigenvalue weighted by Gasteiger charge is -2.09. The number of benzene rings is 2. The normalized spacial score (nSPS) is 11.2. The zero-order valence-corrected chi connectivity index (χ0v) is 13.6. The molecule has 0 spiro atoms. The van der Waals surface area contributed by atoms with Gasteiger partial charge in [-0.15, -0.1) is 0 Å². The number of nitro groups is 1. The molecule has 0 atom stereocenters. The van der Waals surface area contributed by atoms with Gasteiger partial charge in [0.1, 0.15) is 11.5 Å². The Morgan fingerprint density at radius 3 is 2.36 bits per heavy atom. The van der Waals surface area contributed by atoms with Gasteiger partial charge in [-0.05, 0) is 35.0 Å². The average Bonchev–Trinajstić information content (AvgIpc) is 2.42. The van der Waals surface area contributed by atoms with Crippen LogP contribution in [-0.4, -0.2) is 13.3 Å². The van der Waals surface area contributed by atoms with Crippen molar-refractivity contribution >= 4 is 37.3 Å². The number of rotatable bonds is 4. The van der Waals surface area contributed by atoms with Crippen molar-refractivity contribution < 1.29 is 17.7 Å². The molecule has 0 fully saturated rings. The second kappa shape index (κ2) is 6.01. The summed E-state index contributed by atoms with van der Waals surface area (Å²) in [5, 5.41) is 11.0. The molecule has 1 N–H and O–H groups in total. The number of hydrogen-bond acceptors (Lipinski definition) is 4. The smallest absolute Gasteiger partial charge is 0.273 e. The van der Waals surface area contributed by atoms with Crippen LogP contribution in [0.1, 0.15) is 5.56 Å². The minimum atomic E-state index is -4.05. The largest absolute Gasteiger partial charge is 0.294 e. The molecule has 0 bridgehead atoms. The fourth-order valence-corrected chi connectivity index (χ4v) is 3.09. The molecule has 0 aromatic heterocycles. The first-order valence-electron chi connectivity index (χ1n) is 5.93. The Balaban J connectivity index is 2.47. The monoisotopic (exact) mass is 388 g/mol. The molecule has 0 saturated heterocycles. The van der Waals surface area contributed by atoms with Crippen LogP contribution in [0.15, 0.2) is 45.8 Å². The molecule has 2 aromatic carbocycles. The van der Waals surface area contributed by atoms with E-state index >= 15 is 0 Å². The maximum atomic E-state index is 13.5. The molecule has 0 unspecified atom stereocenters. The van der Waals surface area contributed by atoms with Gasteiger partial charge in [-0.2, -0.15) is 0 Å². The van der Waals surface area contributed by atoms with Gasteiger partial charge < -0.3 is 0 Å². The van der Waals surface area contributed by atoms with E-state index in [1.165, 1.54) is 12.1 Å². The van der Waals surface area contributed by atoms with Crippen LogP contribution in [0.4, 0.5) is 15.8 Å². The van der Waals surface area contributed by atoms with Crippen molar-refractivity contribution in [1.82, 2.24) is 0 Å². The van der Waals surface area contributed by atoms with Gasteiger partial charge in [0.25, 0.3) is 15.7 Å². The summed E-state index contributed by atoms with van der Waals surface area (Å²) in [4.78, 5) is 10.1. The first-order valence-corrected chi connectivity index (χ1v) is 8.21. The fraction of sp³-hybridized carbons (Fsp3) is 0.0769. The van der Waals surface area contributed by atoms with E-state index in [9.17, 15) is 22.9 Å². The van der Waals surface area contributed by atoms with E-state index in [2.05, 4.69) is 15.9 Å². The summed E-state index contributed by atoms with van der Waals surface area (Å²) in [5.41, 5.74) is -0.130. The third-order valence-electron chi connectivity index (χ3n) is 2.81. The zero-order valence-electron chi connectivity index (χ0n) is 11.2. The SMILES string of the molecule is Cc1ccc(S(=O)(=O)Nc2cc(F)c(Br)cc2[N+](=O)[O-])cc1. The number of nitrogens with one attached hydrogen (secondary N) is 1. The Labute approximate surface area is 134 Å². The summed E-state index contributed by atoms with van der Waals surface area (Å²) in [6, 6.07) is 7.56. The molecule has 2 aromatic rings. The Morgan fingerprint density at radius 1 is 1.23 bits per heavy atom. The Bertz CT molecular complexity index is 838. The number of anilines is 1. The highest BCUT2D eigenvalue weighted by Gasteiger charge is 2.23. The van der Waals surface area contributed by atoms with E-state index < -0.39 is 32.1 Å². The highest BCUT2D eigenvalue weighted by atomic mass is 79.9. The van der Waals surface area contributed by atoms with Crippen LogP contribution in [0.5, 0.6) is 0 Å². The molecule has 22 heavy (non-hydrogen) atoms. The standard InChI is InChI=1S/C13H10BrFN2O4S/c1-8-2-4-9(5-3-8)22(20,21)16-12-7-11(15)10(14)6-13(12)17(18)19/h2-7,16H,1H3. The summed E-state index contributed by atoms with van der Waals surface area (Å²) in [6.07, 6.45) is 0. The van der Waals surface area contributed by atoms with Gasteiger partial charge in [0, 0.05) is 12.1 Å². The second-order valence-corrected chi connectivity index (χ2v) is 7.00. The van der Waals surface area contributed by atoms with Crippen LogP contribution in [0.25, 0.3) is 0 Å². The van der Waals surface area contributed by atoms with Crippen molar-refractivity contribution in [1.29, 1.82) is 0 Å². The quantitative estimate of drug-likeness (QED) is 0.639. The highest BCUT2D eigenvalue weighted by molar-refractivity contribution is 9.10. The van der Waals surface area contributed by atoms with Gasteiger partial charge >= 0.3 is 0 Å². The lowest BCUT2D eigenvalue weighted by molar-refractivity contribution is -0.384. The minimum absolute atomic E-state index is 0.0734. The first kappa shape index (κ1) is 16.4. The predicted octanol–water partition coefficient (Wildman–Crippen LogP) is 3.61. The van der Waals surface area contributed by atoms with Crippen LogP contribution in [-0.2, 0) is 10.0 Å². The number of halogens is 2. The van der Waals surface area contributed by atoms with Gasteiger partial charge in [-0.25, -0.2) is 12.8 Å². The summed E-state index contributed by atoms with van der Waals surface area (Å²) in [6.45, 7) is 1.79. The molecule has 2 rings (SSSR count). The van der Waals surface area contributed by atoms with Crippen LogP contribution in [0, 0.1) is 22.9 Å². The van der Waals surface area contributed by atoms with Crippen molar-refractivity contribution in [2.45, 2.75) is 11.8 Å². The minimum Gasteiger partial charge on any atom is -0.273 e. The topological polar surface area (TPSA) is 89.3 Å². The molecule has 0 aliphatic carbocycles. The van der Waals surface area contributed by atoms with E-state index in [0.29, 0.717) is 0 Å². The molecule has 9 heteroatoms. The van der Waals surface area contributed by atoms with E-state index in [1.54, 1.807) is 19.1 Å². The zero-order chi connectivity index (χ0) is 16.5. The van der Waals surface area contributed by atoms with Crippen LogP contribution >= 0.6 is 15.9 Å². The Hall–Kier alpha value is -2.00. The van der Waals surface area contributed by atoms with E-state index in [-0.39, 0.29) is 9.37 Å². The molecular weight excluding hydrogens is 379 g/mol. The number of nitro benzene ring substituents is 1. The number of hydrogen-bond donors (Lipinski definition) is 1. The summed E-state index contributed by atoms with van der Waals surface area (Å²) < 4.78 is 39.9. The first-order chi connectivity index (χ1) is 10.2. The number of aryl methyl sites for hydroxylation is 1. The van der Waals surface area contributed by atoms with Gasteiger partial charge in [0.15, 0.2) is 0 Å². The van der Waals surface area contributed by atoms with Crippen molar-refractivity contribution in [3.05, 3.63) is 62.4 Å². The second-order valence-electron chi connectivity index (χ2n) is 4.46. The molecule has 0 aliphatic rings. The van der Waals surface area contributed by atoms with Crippen LogP contribution in [0.3, 0.4) is 0 Å². The Kier molecular flexibility index (Phi) is 4.47. The summed E-state index contributed by atoms with van der Waals surface area (Å²) in [5.74, 6) is -0.813. The Morgan fingerprint density at radius 2 is 1.82 bits per heavy atom. The third-order valence-corrected chi connectivity index (χ3v) is 4.80. The van der Waals surface area contributed by atoms with E-state index in [4.69, 9.17) is 0 Å². The van der Waals surface area contributed by atoms with Gasteiger partial charge in [-0.3, -0.25) is 14.8 Å². The fourth-order valence-electron chi connectivity index (χ4n) is 1.69. The van der Waals surface area contributed by atoms with E-state index in [1.807, 2.05) is 4.72 Å². The van der Waals surface area contributed by atoms with Gasteiger partial charge in [0.05, 0.1) is 14.3 Å². The number of nitrogens with zero attached hydrogens (tertiary/aromatic N) is 1. The average molecular weight is 389 g/mol. The molecule has 116 valence electrons. The van der Waals surface area contributed by atoms with Crippen LogP contribution in [0.2, 0.25) is 0 Å². The molecular formula is C13H10BrFN2O4S. The lowest BCUT2D eigenvalue weighted by atomic mass is 10.2. The lowest BCUT2D eigenvalue weighted by Crippen LogP contribution is -2.14. The van der Waals surface area contributed by atoms with Gasteiger partial charge in [-0.1, -0.05) is 17.7 Å². The maximum absolute atomic E-state index is 13.5.